The smallest absolute Gasteiger partial charge is 0.137 e. The minimum Gasteiger partial charge on any atom is -0.491 e. The Balaban J connectivity index is 2.18. The first-order chi connectivity index (χ1) is 7.50. The zero-order valence-electron chi connectivity index (χ0n) is 10.7. The van der Waals surface area contributed by atoms with E-state index in [-0.39, 0.29) is 5.41 Å². The number of ether oxygens (including phenoxy) is 1. The van der Waals surface area contributed by atoms with Gasteiger partial charge in [0.25, 0.3) is 0 Å². The molecule has 1 atom stereocenters. The summed E-state index contributed by atoms with van der Waals surface area (Å²) in [7, 11) is 0. The molecule has 3 heteroatoms. The standard InChI is InChI=1S/C13H22N2O/c1-11(13(2,3)4)15-8-9-16-12-6-5-7-14-10-12/h5-7,10-11,15H,8-9H2,1-4H3. The second-order valence-electron chi connectivity index (χ2n) is 5.08. The van der Waals surface area contributed by atoms with Gasteiger partial charge >= 0.3 is 0 Å². The van der Waals surface area contributed by atoms with Crippen molar-refractivity contribution in [3.05, 3.63) is 24.5 Å². The van der Waals surface area contributed by atoms with Gasteiger partial charge in [0, 0.05) is 18.8 Å². The fourth-order valence-corrected chi connectivity index (χ4v) is 1.18. The summed E-state index contributed by atoms with van der Waals surface area (Å²) in [6.07, 6.45) is 3.47. The van der Waals surface area contributed by atoms with Crippen molar-refractivity contribution in [2.45, 2.75) is 33.7 Å². The third kappa shape index (κ3) is 4.62. The average Bonchev–Trinajstić information content (AvgIpc) is 2.24. The first kappa shape index (κ1) is 13.0. The van der Waals surface area contributed by atoms with Crippen LogP contribution in [0.3, 0.4) is 0 Å². The van der Waals surface area contributed by atoms with Crippen molar-refractivity contribution in [3.8, 4) is 5.75 Å². The molecule has 90 valence electrons. The van der Waals surface area contributed by atoms with E-state index in [1.165, 1.54) is 0 Å². The van der Waals surface area contributed by atoms with Crippen LogP contribution in [0, 0.1) is 5.41 Å². The summed E-state index contributed by atoms with van der Waals surface area (Å²) in [5.74, 6) is 0.827. The molecule has 3 nitrogen and oxygen atoms in total. The van der Waals surface area contributed by atoms with Crippen molar-refractivity contribution in [3.63, 3.8) is 0 Å². The van der Waals surface area contributed by atoms with Gasteiger partial charge in [-0.15, -0.1) is 0 Å². The van der Waals surface area contributed by atoms with Crippen LogP contribution in [-0.2, 0) is 0 Å². The largest absolute Gasteiger partial charge is 0.491 e. The molecule has 1 rings (SSSR count). The Bertz CT molecular complexity index is 293. The van der Waals surface area contributed by atoms with E-state index in [9.17, 15) is 0 Å². The van der Waals surface area contributed by atoms with Crippen molar-refractivity contribution in [1.82, 2.24) is 10.3 Å². The van der Waals surface area contributed by atoms with Crippen molar-refractivity contribution >= 4 is 0 Å². The van der Waals surface area contributed by atoms with Gasteiger partial charge in [-0.2, -0.15) is 0 Å². The second kappa shape index (κ2) is 5.85. The molecule has 1 N–H and O–H groups in total. The summed E-state index contributed by atoms with van der Waals surface area (Å²) in [4.78, 5) is 3.99. The van der Waals surface area contributed by atoms with Crippen molar-refractivity contribution in [2.75, 3.05) is 13.2 Å². The molecule has 0 aliphatic heterocycles. The molecule has 0 aliphatic carbocycles. The van der Waals surface area contributed by atoms with Crippen LogP contribution in [-0.4, -0.2) is 24.2 Å². The van der Waals surface area contributed by atoms with Crippen LogP contribution < -0.4 is 10.1 Å². The maximum atomic E-state index is 5.54. The van der Waals surface area contributed by atoms with Crippen LogP contribution in [0.1, 0.15) is 27.7 Å². The number of pyridine rings is 1. The van der Waals surface area contributed by atoms with Gasteiger partial charge in [0.05, 0.1) is 6.20 Å². The lowest BCUT2D eigenvalue weighted by molar-refractivity contribution is 0.254. The molecule has 0 bridgehead atoms. The first-order valence-electron chi connectivity index (χ1n) is 5.76. The second-order valence-corrected chi connectivity index (χ2v) is 5.08. The van der Waals surface area contributed by atoms with Crippen molar-refractivity contribution in [1.29, 1.82) is 0 Å². The summed E-state index contributed by atoms with van der Waals surface area (Å²) < 4.78 is 5.54. The molecule has 0 aliphatic rings. The molecule has 1 unspecified atom stereocenters. The van der Waals surface area contributed by atoms with E-state index < -0.39 is 0 Å². The van der Waals surface area contributed by atoms with Gasteiger partial charge in [-0.25, -0.2) is 0 Å². The Morgan fingerprint density at radius 3 is 2.75 bits per heavy atom. The number of aromatic nitrogens is 1. The van der Waals surface area contributed by atoms with Crippen LogP contribution in [0.2, 0.25) is 0 Å². The summed E-state index contributed by atoms with van der Waals surface area (Å²) in [5, 5.41) is 3.45. The number of nitrogens with zero attached hydrogens (tertiary/aromatic N) is 1. The molecule has 0 saturated carbocycles. The molecule has 0 amide bonds. The van der Waals surface area contributed by atoms with Crippen LogP contribution in [0.25, 0.3) is 0 Å². The molecular weight excluding hydrogens is 200 g/mol. The molecular formula is C13H22N2O. The van der Waals surface area contributed by atoms with E-state index in [2.05, 4.69) is 38.0 Å². The predicted octanol–water partition coefficient (Wildman–Crippen LogP) is 2.48. The molecule has 16 heavy (non-hydrogen) atoms. The Hall–Kier alpha value is -1.09. The van der Waals surface area contributed by atoms with E-state index in [4.69, 9.17) is 4.74 Å². The zero-order valence-corrected chi connectivity index (χ0v) is 10.7. The number of hydrogen-bond acceptors (Lipinski definition) is 3. The Kier molecular flexibility index (Phi) is 4.74. The number of nitrogens with one attached hydrogen (secondary N) is 1. The lowest BCUT2D eigenvalue weighted by Gasteiger charge is -2.28. The van der Waals surface area contributed by atoms with Crippen LogP contribution >= 0.6 is 0 Å². The average molecular weight is 222 g/mol. The molecule has 0 aromatic carbocycles. The fourth-order valence-electron chi connectivity index (χ4n) is 1.18. The Labute approximate surface area is 98.2 Å². The van der Waals surface area contributed by atoms with Gasteiger partial charge in [0.15, 0.2) is 0 Å². The van der Waals surface area contributed by atoms with Gasteiger partial charge in [-0.05, 0) is 24.5 Å². The predicted molar refractivity (Wildman–Crippen MR) is 66.7 cm³/mol. The highest BCUT2D eigenvalue weighted by Crippen LogP contribution is 2.18. The van der Waals surface area contributed by atoms with E-state index >= 15 is 0 Å². The van der Waals surface area contributed by atoms with Gasteiger partial charge in [0.1, 0.15) is 12.4 Å². The molecule has 0 saturated heterocycles. The summed E-state index contributed by atoms with van der Waals surface area (Å²) in [6, 6.07) is 4.27. The van der Waals surface area contributed by atoms with Crippen LogP contribution in [0.4, 0.5) is 0 Å². The minimum absolute atomic E-state index is 0.286. The Morgan fingerprint density at radius 2 is 2.19 bits per heavy atom. The summed E-state index contributed by atoms with van der Waals surface area (Å²) >= 11 is 0. The van der Waals surface area contributed by atoms with Gasteiger partial charge in [-0.3, -0.25) is 4.98 Å². The highest BCUT2D eigenvalue weighted by molar-refractivity contribution is 5.15. The topological polar surface area (TPSA) is 34.1 Å². The van der Waals surface area contributed by atoms with Crippen LogP contribution in [0.5, 0.6) is 5.75 Å². The third-order valence-electron chi connectivity index (χ3n) is 2.75. The Morgan fingerprint density at radius 1 is 1.44 bits per heavy atom. The maximum Gasteiger partial charge on any atom is 0.137 e. The SMILES string of the molecule is CC(NCCOc1cccnc1)C(C)(C)C. The molecule has 0 spiro atoms. The molecule has 0 radical (unpaired) electrons. The third-order valence-corrected chi connectivity index (χ3v) is 2.75. The molecule has 1 aromatic heterocycles. The first-order valence-corrected chi connectivity index (χ1v) is 5.76. The lowest BCUT2D eigenvalue weighted by Crippen LogP contribution is -2.39. The molecule has 1 heterocycles. The summed E-state index contributed by atoms with van der Waals surface area (Å²) in [5.41, 5.74) is 0.286. The highest BCUT2D eigenvalue weighted by Gasteiger charge is 2.18. The number of hydrogen-bond donors (Lipinski definition) is 1. The summed E-state index contributed by atoms with van der Waals surface area (Å²) in [6.45, 7) is 10.4. The molecule has 0 fully saturated rings. The van der Waals surface area contributed by atoms with Gasteiger partial charge in [0.2, 0.25) is 0 Å². The van der Waals surface area contributed by atoms with Gasteiger partial charge in [-0.1, -0.05) is 20.8 Å². The van der Waals surface area contributed by atoms with E-state index in [1.54, 1.807) is 12.4 Å². The lowest BCUT2D eigenvalue weighted by atomic mass is 9.88. The highest BCUT2D eigenvalue weighted by atomic mass is 16.5. The monoisotopic (exact) mass is 222 g/mol. The van der Waals surface area contributed by atoms with Crippen LogP contribution in [0.15, 0.2) is 24.5 Å². The van der Waals surface area contributed by atoms with Crippen molar-refractivity contribution < 1.29 is 4.74 Å². The van der Waals surface area contributed by atoms with E-state index in [0.29, 0.717) is 12.6 Å². The van der Waals surface area contributed by atoms with Gasteiger partial charge < -0.3 is 10.1 Å². The van der Waals surface area contributed by atoms with Crippen molar-refractivity contribution in [2.24, 2.45) is 5.41 Å². The normalized spacial score (nSPS) is 13.5. The minimum atomic E-state index is 0.286. The maximum absolute atomic E-state index is 5.54. The van der Waals surface area contributed by atoms with E-state index in [1.807, 2.05) is 12.1 Å². The quantitative estimate of drug-likeness (QED) is 0.777. The molecule has 1 aromatic rings. The fraction of sp³-hybridized carbons (Fsp3) is 0.615. The number of rotatable bonds is 5. The van der Waals surface area contributed by atoms with E-state index in [0.717, 1.165) is 12.3 Å². The zero-order chi connectivity index (χ0) is 12.0.